The van der Waals surface area contributed by atoms with Gasteiger partial charge in [-0.15, -0.1) is 0 Å². The second-order valence-corrected chi connectivity index (χ2v) is 16.8. The normalized spacial score (nSPS) is 40.9. The fraction of sp³-hybridized carbons (Fsp3) is 0.737. The first-order valence-electron chi connectivity index (χ1n) is 17.2. The van der Waals surface area contributed by atoms with Crippen molar-refractivity contribution >= 4 is 17.7 Å². The van der Waals surface area contributed by atoms with Crippen molar-refractivity contribution in [3.8, 4) is 0 Å². The molecule has 5 aliphatic rings. The number of fused-ring (bicyclic) bond motifs is 7. The molecule has 0 saturated heterocycles. The van der Waals surface area contributed by atoms with E-state index >= 15 is 0 Å². The van der Waals surface area contributed by atoms with Crippen LogP contribution in [0.1, 0.15) is 119 Å². The molecule has 4 fully saturated rings. The molecule has 0 spiro atoms. The zero-order chi connectivity index (χ0) is 31.9. The van der Waals surface area contributed by atoms with E-state index < -0.39 is 5.41 Å². The number of ether oxygens (including phenoxy) is 1. The van der Waals surface area contributed by atoms with Crippen molar-refractivity contribution < 1.29 is 19.1 Å². The van der Waals surface area contributed by atoms with Gasteiger partial charge in [-0.3, -0.25) is 19.4 Å². The Morgan fingerprint density at radius 2 is 1.64 bits per heavy atom. The highest BCUT2D eigenvalue weighted by molar-refractivity contribution is 6.06. The number of Topliss-reactive ketones (excluding diaryl/α,β-unsaturated/α-hetero) is 1. The Morgan fingerprint density at radius 1 is 0.932 bits per heavy atom. The van der Waals surface area contributed by atoms with Gasteiger partial charge < -0.3 is 10.1 Å². The van der Waals surface area contributed by atoms with Crippen molar-refractivity contribution in [3.05, 3.63) is 41.2 Å². The smallest absolute Gasteiger partial charge is 0.302 e. The number of amides is 1. The van der Waals surface area contributed by atoms with Crippen LogP contribution in [0.15, 0.2) is 35.7 Å². The van der Waals surface area contributed by atoms with Gasteiger partial charge >= 0.3 is 5.97 Å². The third-order valence-electron chi connectivity index (χ3n) is 14.3. The Bertz CT molecular complexity index is 1380. The molecule has 1 amide bonds. The fourth-order valence-corrected chi connectivity index (χ4v) is 12.1. The van der Waals surface area contributed by atoms with E-state index in [1.807, 2.05) is 12.1 Å². The molecule has 8 atom stereocenters. The standard InChI is InChI=1S/C38H54N2O4/c1-23(2)31-27(42)21-38(33(43)40-22-25-13-19-39-20-14-25)18-17-36(7)26(32(31)38)9-10-29-35(6)15-12-30(44-24(3)41)34(4,5)28(35)11-16-37(29,36)8/h13-14,19-20,23,26,28-30H,9-12,15-18,21-22H2,1-8H3,(H,40,43)/t26-,28+,29-,30+,35+,36-,37-,38-/m1/s1. The number of nitrogens with zero attached hydrogens (tertiary/aromatic N) is 1. The number of esters is 1. The van der Waals surface area contributed by atoms with Gasteiger partial charge in [0.2, 0.25) is 5.91 Å². The molecule has 240 valence electrons. The van der Waals surface area contributed by atoms with Crippen LogP contribution in [-0.4, -0.2) is 28.7 Å². The summed E-state index contributed by atoms with van der Waals surface area (Å²) in [5.41, 5.74) is 2.64. The third kappa shape index (κ3) is 4.31. The number of aromatic nitrogens is 1. The molecule has 1 aromatic rings. The van der Waals surface area contributed by atoms with E-state index in [-0.39, 0.29) is 57.3 Å². The monoisotopic (exact) mass is 602 g/mol. The molecule has 1 aromatic heterocycles. The predicted octanol–water partition coefficient (Wildman–Crippen LogP) is 7.61. The largest absolute Gasteiger partial charge is 0.462 e. The van der Waals surface area contributed by atoms with Crippen LogP contribution in [0, 0.1) is 50.7 Å². The molecule has 1 N–H and O–H groups in total. The van der Waals surface area contributed by atoms with Crippen LogP contribution in [0.25, 0.3) is 0 Å². The molecule has 0 aliphatic heterocycles. The van der Waals surface area contributed by atoms with E-state index in [4.69, 9.17) is 4.74 Å². The molecule has 0 radical (unpaired) electrons. The van der Waals surface area contributed by atoms with Crippen molar-refractivity contribution in [1.82, 2.24) is 10.3 Å². The molecule has 6 heteroatoms. The van der Waals surface area contributed by atoms with Crippen LogP contribution >= 0.6 is 0 Å². The summed E-state index contributed by atoms with van der Waals surface area (Å²) in [5, 5.41) is 3.27. The van der Waals surface area contributed by atoms with Crippen LogP contribution in [-0.2, 0) is 25.7 Å². The van der Waals surface area contributed by atoms with Gasteiger partial charge in [-0.1, -0.05) is 48.5 Å². The van der Waals surface area contributed by atoms with Gasteiger partial charge in [-0.05, 0) is 120 Å². The Hall–Kier alpha value is -2.50. The summed E-state index contributed by atoms with van der Waals surface area (Å²) in [4.78, 5) is 44.3. The molecular formula is C38H54N2O4. The van der Waals surface area contributed by atoms with Crippen molar-refractivity contribution in [2.24, 2.45) is 50.7 Å². The molecule has 44 heavy (non-hydrogen) atoms. The summed E-state index contributed by atoms with van der Waals surface area (Å²) in [6.07, 6.45) is 11.9. The third-order valence-corrected chi connectivity index (χ3v) is 14.3. The first-order valence-corrected chi connectivity index (χ1v) is 17.2. The first-order chi connectivity index (χ1) is 20.6. The lowest BCUT2D eigenvalue weighted by Crippen LogP contribution is -2.66. The number of ketones is 1. The lowest BCUT2D eigenvalue weighted by Gasteiger charge is -2.72. The summed E-state index contributed by atoms with van der Waals surface area (Å²) < 4.78 is 5.92. The maximum atomic E-state index is 14.3. The van der Waals surface area contributed by atoms with Crippen LogP contribution < -0.4 is 5.32 Å². The summed E-state index contributed by atoms with van der Waals surface area (Å²) in [7, 11) is 0. The lowest BCUT2D eigenvalue weighted by molar-refractivity contribution is -0.232. The number of nitrogens with one attached hydrogen (secondary N) is 1. The van der Waals surface area contributed by atoms with Crippen molar-refractivity contribution in [2.75, 3.05) is 0 Å². The molecule has 5 aliphatic carbocycles. The summed E-state index contributed by atoms with van der Waals surface area (Å²) >= 11 is 0. The Balaban J connectivity index is 1.36. The Kier molecular flexibility index (Phi) is 7.53. The van der Waals surface area contributed by atoms with E-state index in [0.717, 1.165) is 62.5 Å². The van der Waals surface area contributed by atoms with Gasteiger partial charge in [0.1, 0.15) is 6.10 Å². The van der Waals surface area contributed by atoms with Crippen molar-refractivity contribution in [2.45, 2.75) is 126 Å². The van der Waals surface area contributed by atoms with Crippen molar-refractivity contribution in [1.29, 1.82) is 0 Å². The van der Waals surface area contributed by atoms with Gasteiger partial charge in [0.25, 0.3) is 0 Å². The summed E-state index contributed by atoms with van der Waals surface area (Å²) in [5.74, 6) is 1.43. The van der Waals surface area contributed by atoms with Crippen molar-refractivity contribution in [3.63, 3.8) is 0 Å². The van der Waals surface area contributed by atoms with Gasteiger partial charge in [-0.2, -0.15) is 0 Å². The zero-order valence-corrected chi connectivity index (χ0v) is 28.3. The molecule has 0 unspecified atom stereocenters. The molecule has 0 bridgehead atoms. The lowest BCUT2D eigenvalue weighted by atomic mass is 9.33. The van der Waals surface area contributed by atoms with Gasteiger partial charge in [-0.25, -0.2) is 0 Å². The zero-order valence-electron chi connectivity index (χ0n) is 28.3. The second-order valence-electron chi connectivity index (χ2n) is 16.8. The molecule has 6 nitrogen and oxygen atoms in total. The quantitative estimate of drug-likeness (QED) is 0.351. The SMILES string of the molecule is CC(=O)O[C@H]1CC[C@]2(C)[C@H]3CC[C@@H]4C5=C(C(C)C)C(=O)C[C@]5(C(=O)NCc5ccncc5)CC[C@@]4(C)[C@]3(C)CC[C@H]2C1(C)C. The van der Waals surface area contributed by atoms with Gasteiger partial charge in [0, 0.05) is 37.7 Å². The van der Waals surface area contributed by atoms with E-state index in [2.05, 4.69) is 58.8 Å². The van der Waals surface area contributed by atoms with E-state index in [0.29, 0.717) is 24.8 Å². The highest BCUT2D eigenvalue weighted by atomic mass is 16.5. The number of rotatable bonds is 5. The number of carbonyl (C=O) groups is 3. The average Bonchev–Trinajstić information content (AvgIpc) is 3.27. The van der Waals surface area contributed by atoms with E-state index in [9.17, 15) is 14.4 Å². The van der Waals surface area contributed by atoms with E-state index in [1.54, 1.807) is 19.3 Å². The van der Waals surface area contributed by atoms with Crippen LogP contribution in [0.5, 0.6) is 0 Å². The number of allylic oxidation sites excluding steroid dienone is 1. The Labute approximate surface area is 264 Å². The summed E-state index contributed by atoms with van der Waals surface area (Å²) in [6, 6.07) is 3.87. The summed E-state index contributed by atoms with van der Waals surface area (Å²) in [6.45, 7) is 18.6. The second kappa shape index (κ2) is 10.5. The number of hydrogen-bond acceptors (Lipinski definition) is 5. The molecule has 1 heterocycles. The average molecular weight is 603 g/mol. The minimum absolute atomic E-state index is 0.00967. The highest BCUT2D eigenvalue weighted by Gasteiger charge is 2.71. The van der Waals surface area contributed by atoms with Crippen LogP contribution in [0.2, 0.25) is 0 Å². The van der Waals surface area contributed by atoms with Crippen LogP contribution in [0.4, 0.5) is 0 Å². The predicted molar refractivity (Wildman–Crippen MR) is 171 cm³/mol. The number of pyridine rings is 1. The van der Waals surface area contributed by atoms with Crippen LogP contribution in [0.3, 0.4) is 0 Å². The molecule has 6 rings (SSSR count). The maximum absolute atomic E-state index is 14.3. The fourth-order valence-electron chi connectivity index (χ4n) is 12.1. The molecular weight excluding hydrogens is 548 g/mol. The van der Waals surface area contributed by atoms with E-state index in [1.165, 1.54) is 5.57 Å². The van der Waals surface area contributed by atoms with Gasteiger partial charge in [0.15, 0.2) is 5.78 Å². The maximum Gasteiger partial charge on any atom is 0.302 e. The number of carbonyl (C=O) groups excluding carboxylic acids is 3. The van der Waals surface area contributed by atoms with Gasteiger partial charge in [0.05, 0.1) is 5.41 Å². The minimum Gasteiger partial charge on any atom is -0.462 e. The topological polar surface area (TPSA) is 85.4 Å². The first kappa shape index (κ1) is 31.5. The molecule has 0 aromatic carbocycles. The number of hydrogen-bond donors (Lipinski definition) is 1. The Morgan fingerprint density at radius 3 is 2.30 bits per heavy atom. The minimum atomic E-state index is -0.734. The molecule has 4 saturated carbocycles. The highest BCUT2D eigenvalue weighted by Crippen LogP contribution is 2.76.